The van der Waals surface area contributed by atoms with Gasteiger partial charge in [0.05, 0.1) is 7.11 Å². The lowest BCUT2D eigenvalue weighted by molar-refractivity contribution is -0.0529. The highest BCUT2D eigenvalue weighted by atomic mass is 16.5. The molecule has 2 nitrogen and oxygen atoms in total. The molecule has 1 aromatic carbocycles. The van der Waals surface area contributed by atoms with Crippen molar-refractivity contribution in [2.24, 2.45) is 10.8 Å². The summed E-state index contributed by atoms with van der Waals surface area (Å²) >= 11 is 0. The molecule has 2 heteroatoms. The molecule has 0 N–H and O–H groups in total. The third kappa shape index (κ3) is 2.28. The Morgan fingerprint density at radius 1 is 1.18 bits per heavy atom. The van der Waals surface area contributed by atoms with Gasteiger partial charge in [-0.3, -0.25) is 4.90 Å². The fraction of sp³-hybridized carbons (Fsp3) is 0.600. The van der Waals surface area contributed by atoms with E-state index in [0.717, 1.165) is 18.7 Å². The third-order valence-corrected chi connectivity index (χ3v) is 6.58. The summed E-state index contributed by atoms with van der Waals surface area (Å²) in [5.41, 5.74) is 3.59. The Balaban J connectivity index is 1.92. The van der Waals surface area contributed by atoms with Crippen LogP contribution in [0.3, 0.4) is 0 Å². The van der Waals surface area contributed by atoms with Crippen molar-refractivity contribution in [3.05, 3.63) is 41.5 Å². The molecule has 2 aliphatic heterocycles. The highest BCUT2D eigenvalue weighted by molar-refractivity contribution is 5.31. The maximum Gasteiger partial charge on any atom is 0.118 e. The van der Waals surface area contributed by atoms with Crippen molar-refractivity contribution in [3.8, 4) is 5.75 Å². The van der Waals surface area contributed by atoms with E-state index in [4.69, 9.17) is 4.74 Å². The second kappa shape index (κ2) is 5.42. The predicted molar refractivity (Wildman–Crippen MR) is 92.3 cm³/mol. The molecule has 120 valence electrons. The number of hydrogen-bond donors (Lipinski definition) is 0. The van der Waals surface area contributed by atoms with E-state index >= 15 is 0 Å². The minimum Gasteiger partial charge on any atom is -0.497 e. The molecular weight excluding hydrogens is 270 g/mol. The molecule has 1 fully saturated rings. The lowest BCUT2D eigenvalue weighted by Gasteiger charge is -2.60. The Labute approximate surface area is 135 Å². The monoisotopic (exact) mass is 299 g/mol. The highest BCUT2D eigenvalue weighted by Gasteiger charge is 2.54. The zero-order valence-electron chi connectivity index (χ0n) is 14.6. The SMILES string of the molecule is COc1ccc(CC2N3CC=C(C)C2(C)C(C)(C)CC3)cc1. The average Bonchev–Trinajstić information content (AvgIpc) is 2.50. The van der Waals surface area contributed by atoms with Gasteiger partial charge in [-0.15, -0.1) is 0 Å². The molecule has 2 heterocycles. The summed E-state index contributed by atoms with van der Waals surface area (Å²) < 4.78 is 5.28. The van der Waals surface area contributed by atoms with E-state index in [1.54, 1.807) is 12.7 Å². The van der Waals surface area contributed by atoms with Crippen LogP contribution in [0.15, 0.2) is 35.9 Å². The first kappa shape index (κ1) is 15.6. The summed E-state index contributed by atoms with van der Waals surface area (Å²) in [4.78, 5) is 2.68. The Morgan fingerprint density at radius 2 is 1.86 bits per heavy atom. The van der Waals surface area contributed by atoms with Crippen LogP contribution in [0.25, 0.3) is 0 Å². The smallest absolute Gasteiger partial charge is 0.118 e. The third-order valence-electron chi connectivity index (χ3n) is 6.58. The molecule has 3 unspecified atom stereocenters. The zero-order chi connectivity index (χ0) is 16.0. The van der Waals surface area contributed by atoms with E-state index in [1.807, 2.05) is 0 Å². The quantitative estimate of drug-likeness (QED) is 0.771. The zero-order valence-corrected chi connectivity index (χ0v) is 14.6. The maximum absolute atomic E-state index is 5.28. The summed E-state index contributed by atoms with van der Waals surface area (Å²) in [6.45, 7) is 12.1. The largest absolute Gasteiger partial charge is 0.497 e. The molecule has 0 radical (unpaired) electrons. The molecule has 2 bridgehead atoms. The van der Waals surface area contributed by atoms with Gasteiger partial charge in [-0.2, -0.15) is 0 Å². The van der Waals surface area contributed by atoms with E-state index in [2.05, 4.69) is 62.9 Å². The number of rotatable bonds is 3. The number of benzene rings is 1. The van der Waals surface area contributed by atoms with Crippen LogP contribution in [-0.2, 0) is 6.42 Å². The van der Waals surface area contributed by atoms with Crippen LogP contribution in [-0.4, -0.2) is 31.1 Å². The number of nitrogens with zero attached hydrogens (tertiary/aromatic N) is 1. The summed E-state index contributed by atoms with van der Waals surface area (Å²) in [6, 6.07) is 9.20. The fourth-order valence-corrected chi connectivity index (χ4v) is 4.45. The molecule has 3 rings (SSSR count). The van der Waals surface area contributed by atoms with Gasteiger partial charge in [-0.25, -0.2) is 0 Å². The van der Waals surface area contributed by atoms with Crippen molar-refractivity contribution >= 4 is 0 Å². The van der Waals surface area contributed by atoms with E-state index in [9.17, 15) is 0 Å². The molecule has 1 saturated heterocycles. The molecule has 3 atom stereocenters. The number of fused-ring (bicyclic) bond motifs is 2. The number of piperidine rings is 1. The topological polar surface area (TPSA) is 12.5 Å². The van der Waals surface area contributed by atoms with Crippen LogP contribution in [0.1, 0.15) is 39.7 Å². The van der Waals surface area contributed by atoms with Crippen molar-refractivity contribution in [2.45, 2.75) is 46.6 Å². The molecule has 0 saturated carbocycles. The number of ether oxygens (including phenoxy) is 1. The maximum atomic E-state index is 5.28. The highest BCUT2D eigenvalue weighted by Crippen LogP contribution is 2.56. The van der Waals surface area contributed by atoms with Crippen LogP contribution in [0.2, 0.25) is 0 Å². The van der Waals surface area contributed by atoms with Crippen molar-refractivity contribution < 1.29 is 4.74 Å². The molecule has 0 amide bonds. The van der Waals surface area contributed by atoms with Crippen LogP contribution >= 0.6 is 0 Å². The lowest BCUT2D eigenvalue weighted by atomic mass is 9.53. The minimum absolute atomic E-state index is 0.253. The Morgan fingerprint density at radius 3 is 2.50 bits per heavy atom. The standard InChI is InChI=1S/C20H29NO/c1-15-10-12-21-13-11-19(2,3)20(15,4)18(21)14-16-6-8-17(22-5)9-7-16/h6-10,18H,11-14H2,1-5H3. The molecule has 1 aromatic rings. The summed E-state index contributed by atoms with van der Waals surface area (Å²) in [6.07, 6.45) is 4.86. The Kier molecular flexibility index (Phi) is 3.84. The predicted octanol–water partition coefficient (Wildman–Crippen LogP) is 4.30. The van der Waals surface area contributed by atoms with Gasteiger partial charge < -0.3 is 4.74 Å². The summed E-state index contributed by atoms with van der Waals surface area (Å²) in [5.74, 6) is 0.940. The number of methoxy groups -OCH3 is 1. The molecule has 0 aromatic heterocycles. The Bertz CT molecular complexity index is 572. The van der Waals surface area contributed by atoms with E-state index in [0.29, 0.717) is 11.5 Å². The second-order valence-corrected chi connectivity index (χ2v) is 7.79. The van der Waals surface area contributed by atoms with Gasteiger partial charge in [0.1, 0.15) is 5.75 Å². The van der Waals surface area contributed by atoms with Gasteiger partial charge in [0.15, 0.2) is 0 Å². The summed E-state index contributed by atoms with van der Waals surface area (Å²) in [5, 5.41) is 0. The first-order valence-corrected chi connectivity index (χ1v) is 8.43. The first-order valence-electron chi connectivity index (χ1n) is 8.43. The minimum atomic E-state index is 0.253. The van der Waals surface area contributed by atoms with E-state index in [1.165, 1.54) is 18.5 Å². The van der Waals surface area contributed by atoms with Gasteiger partial charge in [0, 0.05) is 18.0 Å². The van der Waals surface area contributed by atoms with Gasteiger partial charge in [-0.1, -0.05) is 44.6 Å². The molecular formula is C20H29NO. The number of hydrogen-bond acceptors (Lipinski definition) is 2. The van der Waals surface area contributed by atoms with Gasteiger partial charge in [-0.05, 0) is 49.4 Å². The van der Waals surface area contributed by atoms with Crippen molar-refractivity contribution in [2.75, 3.05) is 20.2 Å². The Hall–Kier alpha value is -1.28. The van der Waals surface area contributed by atoms with E-state index < -0.39 is 0 Å². The molecule has 0 spiro atoms. The van der Waals surface area contributed by atoms with Gasteiger partial charge in [0.25, 0.3) is 0 Å². The van der Waals surface area contributed by atoms with Crippen molar-refractivity contribution in [3.63, 3.8) is 0 Å². The molecule has 2 aliphatic rings. The van der Waals surface area contributed by atoms with Crippen LogP contribution in [0, 0.1) is 10.8 Å². The second-order valence-electron chi connectivity index (χ2n) is 7.79. The van der Waals surface area contributed by atoms with Crippen molar-refractivity contribution in [1.29, 1.82) is 0 Å². The lowest BCUT2D eigenvalue weighted by Crippen LogP contribution is -2.62. The van der Waals surface area contributed by atoms with Crippen molar-refractivity contribution in [1.82, 2.24) is 4.90 Å². The first-order chi connectivity index (χ1) is 10.4. The van der Waals surface area contributed by atoms with Gasteiger partial charge >= 0.3 is 0 Å². The van der Waals surface area contributed by atoms with Crippen LogP contribution < -0.4 is 4.74 Å². The summed E-state index contributed by atoms with van der Waals surface area (Å²) in [7, 11) is 1.73. The normalized spacial score (nSPS) is 33.2. The average molecular weight is 299 g/mol. The van der Waals surface area contributed by atoms with Crippen LogP contribution in [0.4, 0.5) is 0 Å². The molecule has 0 aliphatic carbocycles. The fourth-order valence-electron chi connectivity index (χ4n) is 4.45. The van der Waals surface area contributed by atoms with Crippen LogP contribution in [0.5, 0.6) is 5.75 Å². The van der Waals surface area contributed by atoms with Gasteiger partial charge in [0.2, 0.25) is 0 Å². The molecule has 22 heavy (non-hydrogen) atoms. The van der Waals surface area contributed by atoms with E-state index in [-0.39, 0.29) is 5.41 Å².